The Morgan fingerprint density at radius 1 is 1.29 bits per heavy atom. The fourth-order valence-corrected chi connectivity index (χ4v) is 3.65. The quantitative estimate of drug-likeness (QED) is 0.743. The molecule has 2 aromatic rings. The molecule has 0 aromatic carbocycles. The van der Waals surface area contributed by atoms with Gasteiger partial charge in [0, 0.05) is 19.3 Å². The predicted octanol–water partition coefficient (Wildman–Crippen LogP) is 3.25. The molecule has 11 heteroatoms. The number of hydrogen-bond donors (Lipinski definition) is 2. The lowest BCUT2D eigenvalue weighted by Crippen LogP contribution is -2.45. The first-order chi connectivity index (χ1) is 14.6. The number of carbonyl (C=O) groups is 1. The van der Waals surface area contributed by atoms with Crippen molar-refractivity contribution in [1.82, 2.24) is 15.0 Å². The molecule has 1 aliphatic carbocycles. The summed E-state index contributed by atoms with van der Waals surface area (Å²) in [5.74, 6) is 1.38. The number of aryl methyl sites for hydroxylation is 1. The summed E-state index contributed by atoms with van der Waals surface area (Å²) < 4.78 is 43.8. The number of aromatic nitrogens is 3. The van der Waals surface area contributed by atoms with Crippen LogP contribution in [0.2, 0.25) is 0 Å². The van der Waals surface area contributed by atoms with Crippen LogP contribution in [0.15, 0.2) is 18.5 Å². The number of likely N-dealkylation sites (N-methyl/N-ethyl adjacent to an activating group) is 1. The van der Waals surface area contributed by atoms with E-state index in [0.29, 0.717) is 29.8 Å². The highest BCUT2D eigenvalue weighted by Crippen LogP contribution is 2.35. The zero-order valence-corrected chi connectivity index (χ0v) is 17.3. The molecule has 2 aliphatic rings. The number of anilines is 3. The van der Waals surface area contributed by atoms with Crippen molar-refractivity contribution >= 4 is 23.4 Å². The van der Waals surface area contributed by atoms with Crippen molar-refractivity contribution in [3.05, 3.63) is 29.7 Å². The van der Waals surface area contributed by atoms with Crippen LogP contribution >= 0.6 is 0 Å². The van der Waals surface area contributed by atoms with Gasteiger partial charge < -0.3 is 20.3 Å². The molecule has 0 spiro atoms. The van der Waals surface area contributed by atoms with E-state index in [-0.39, 0.29) is 29.7 Å². The number of rotatable bonds is 5. The van der Waals surface area contributed by atoms with Crippen LogP contribution in [0.1, 0.15) is 31.0 Å². The Kier molecular flexibility index (Phi) is 5.36. The number of carbonyl (C=O) groups excluding carboxylic acids is 1. The largest absolute Gasteiger partial charge is 0.492 e. The number of nitrogens with zero attached hydrogens (tertiary/aromatic N) is 4. The Hall–Kier alpha value is -3.11. The Labute approximate surface area is 177 Å². The molecule has 1 atom stereocenters. The van der Waals surface area contributed by atoms with Gasteiger partial charge in [-0.15, -0.1) is 0 Å². The van der Waals surface area contributed by atoms with E-state index < -0.39 is 11.7 Å². The van der Waals surface area contributed by atoms with Gasteiger partial charge in [0.05, 0.1) is 24.1 Å². The van der Waals surface area contributed by atoms with E-state index in [1.54, 1.807) is 6.92 Å². The van der Waals surface area contributed by atoms with Crippen LogP contribution in [0.5, 0.6) is 5.75 Å². The monoisotopic (exact) mass is 436 g/mol. The van der Waals surface area contributed by atoms with Gasteiger partial charge in [-0.2, -0.15) is 18.2 Å². The van der Waals surface area contributed by atoms with Crippen LogP contribution in [0.3, 0.4) is 0 Å². The van der Waals surface area contributed by atoms with E-state index in [4.69, 9.17) is 4.74 Å². The number of nitrogens with one attached hydrogen (secondary N) is 2. The van der Waals surface area contributed by atoms with E-state index in [1.807, 2.05) is 18.9 Å². The van der Waals surface area contributed by atoms with E-state index in [2.05, 4.69) is 25.6 Å². The van der Waals surface area contributed by atoms with Crippen molar-refractivity contribution in [2.75, 3.05) is 29.2 Å². The number of alkyl halides is 3. The molecule has 0 radical (unpaired) electrons. The second-order valence-corrected chi connectivity index (χ2v) is 8.00. The highest BCUT2D eigenvalue weighted by molar-refractivity contribution is 6.03. The maximum atomic E-state index is 12.8. The second-order valence-electron chi connectivity index (χ2n) is 8.00. The molecule has 1 amide bonds. The summed E-state index contributed by atoms with van der Waals surface area (Å²) in [6.45, 7) is 3.94. The van der Waals surface area contributed by atoms with Crippen LogP contribution in [0.4, 0.5) is 30.6 Å². The normalized spacial score (nSPS) is 23.0. The highest BCUT2D eigenvalue weighted by Gasteiger charge is 2.34. The number of ether oxygens (including phenoxy) is 1. The van der Waals surface area contributed by atoms with Crippen molar-refractivity contribution in [3.63, 3.8) is 0 Å². The molecule has 2 aromatic heterocycles. The number of fused-ring (bicyclic) bond motifs is 1. The number of halogens is 3. The summed E-state index contributed by atoms with van der Waals surface area (Å²) in [4.78, 5) is 26.4. The third kappa shape index (κ3) is 4.35. The molecular weight excluding hydrogens is 413 g/mol. The zero-order valence-electron chi connectivity index (χ0n) is 17.3. The molecule has 3 heterocycles. The molecule has 2 N–H and O–H groups in total. The Balaban J connectivity index is 1.32. The Bertz CT molecular complexity index is 993. The topological polar surface area (TPSA) is 92.3 Å². The van der Waals surface area contributed by atoms with Crippen molar-refractivity contribution in [3.8, 4) is 5.75 Å². The average Bonchev–Trinajstić information content (AvgIpc) is 2.68. The number of pyridine rings is 1. The molecular formula is C20H23F3N6O2. The van der Waals surface area contributed by atoms with E-state index in [0.717, 1.165) is 25.1 Å². The Morgan fingerprint density at radius 3 is 2.74 bits per heavy atom. The van der Waals surface area contributed by atoms with E-state index in [9.17, 15) is 18.0 Å². The van der Waals surface area contributed by atoms with Crippen LogP contribution in [0, 0.1) is 12.8 Å². The minimum absolute atomic E-state index is 0.0970. The standard InChI is InChI=1S/C20H23F3N6O2/c1-10-16-17(29(3)11(2)18(30)27-16)28-19(25-10)26-14-4-12(5-14)9-31-15-6-13(7-24-8-15)20(21,22)23/h6-8,11-12,14H,4-5,9H2,1-3H3,(H,27,30)(H,25,26,28)/t11-,12?,14?/m0/s1. The minimum Gasteiger partial charge on any atom is -0.492 e. The number of hydrogen-bond acceptors (Lipinski definition) is 7. The first kappa shape index (κ1) is 21.1. The van der Waals surface area contributed by atoms with Crippen molar-refractivity contribution < 1.29 is 22.7 Å². The molecule has 166 valence electrons. The van der Waals surface area contributed by atoms with Gasteiger partial charge in [0.15, 0.2) is 5.82 Å². The zero-order chi connectivity index (χ0) is 22.3. The SMILES string of the molecule is Cc1nc(NC2CC(COc3cncc(C(F)(F)F)c3)C2)nc2c1NC(=O)[C@H](C)N2C. The van der Waals surface area contributed by atoms with Gasteiger partial charge in [-0.1, -0.05) is 0 Å². The van der Waals surface area contributed by atoms with Crippen molar-refractivity contribution in [2.24, 2.45) is 5.92 Å². The summed E-state index contributed by atoms with van der Waals surface area (Å²) in [5, 5.41) is 6.14. The second kappa shape index (κ2) is 7.86. The highest BCUT2D eigenvalue weighted by atomic mass is 19.4. The van der Waals surface area contributed by atoms with E-state index >= 15 is 0 Å². The Morgan fingerprint density at radius 2 is 2.03 bits per heavy atom. The summed E-state index contributed by atoms with van der Waals surface area (Å²) >= 11 is 0. The molecule has 4 rings (SSSR count). The molecule has 0 bridgehead atoms. The van der Waals surface area contributed by atoms with Gasteiger partial charge in [-0.25, -0.2) is 4.98 Å². The number of amides is 1. The maximum Gasteiger partial charge on any atom is 0.418 e. The fourth-order valence-electron chi connectivity index (χ4n) is 3.65. The van der Waals surface area contributed by atoms with Crippen LogP contribution in [-0.2, 0) is 11.0 Å². The van der Waals surface area contributed by atoms with Gasteiger partial charge in [0.1, 0.15) is 17.5 Å². The smallest absolute Gasteiger partial charge is 0.418 e. The first-order valence-corrected chi connectivity index (χ1v) is 9.95. The first-order valence-electron chi connectivity index (χ1n) is 9.95. The maximum absolute atomic E-state index is 12.8. The summed E-state index contributed by atoms with van der Waals surface area (Å²) in [7, 11) is 1.82. The average molecular weight is 436 g/mol. The fraction of sp³-hybridized carbons (Fsp3) is 0.500. The lowest BCUT2D eigenvalue weighted by Gasteiger charge is -2.36. The van der Waals surface area contributed by atoms with Crippen LogP contribution in [-0.4, -0.2) is 46.6 Å². The summed E-state index contributed by atoms with van der Waals surface area (Å²) in [6, 6.07) is 0.776. The molecule has 1 fully saturated rings. The lowest BCUT2D eigenvalue weighted by atomic mass is 9.81. The predicted molar refractivity (Wildman–Crippen MR) is 108 cm³/mol. The van der Waals surface area contributed by atoms with E-state index in [1.165, 1.54) is 6.20 Å². The van der Waals surface area contributed by atoms with Crippen molar-refractivity contribution in [1.29, 1.82) is 0 Å². The molecule has 1 saturated carbocycles. The lowest BCUT2D eigenvalue weighted by molar-refractivity contribution is -0.138. The third-order valence-electron chi connectivity index (χ3n) is 5.71. The van der Waals surface area contributed by atoms with Gasteiger partial charge in [-0.3, -0.25) is 9.78 Å². The molecule has 0 unspecified atom stereocenters. The van der Waals surface area contributed by atoms with Crippen molar-refractivity contribution in [2.45, 2.75) is 44.9 Å². The summed E-state index contributed by atoms with van der Waals surface area (Å²) in [6.07, 6.45) is -0.812. The molecule has 1 aliphatic heterocycles. The van der Waals surface area contributed by atoms with Crippen LogP contribution < -0.4 is 20.3 Å². The van der Waals surface area contributed by atoms with Gasteiger partial charge in [0.25, 0.3) is 0 Å². The molecule has 31 heavy (non-hydrogen) atoms. The summed E-state index contributed by atoms with van der Waals surface area (Å²) in [5.41, 5.74) is 0.468. The third-order valence-corrected chi connectivity index (χ3v) is 5.71. The minimum atomic E-state index is -4.44. The van der Waals surface area contributed by atoms with Gasteiger partial charge in [-0.05, 0) is 38.7 Å². The molecule has 0 saturated heterocycles. The van der Waals surface area contributed by atoms with Crippen LogP contribution in [0.25, 0.3) is 0 Å². The van der Waals surface area contributed by atoms with Gasteiger partial charge in [0.2, 0.25) is 11.9 Å². The van der Waals surface area contributed by atoms with Gasteiger partial charge >= 0.3 is 6.18 Å². The molecule has 8 nitrogen and oxygen atoms in total.